The highest BCUT2D eigenvalue weighted by Crippen LogP contribution is 2.37. The third-order valence-corrected chi connectivity index (χ3v) is 5.88. The van der Waals surface area contributed by atoms with Crippen LogP contribution >= 0.6 is 0 Å². The van der Waals surface area contributed by atoms with Crippen LogP contribution in [0.2, 0.25) is 0 Å². The summed E-state index contributed by atoms with van der Waals surface area (Å²) in [6.45, 7) is -0.553. The van der Waals surface area contributed by atoms with Crippen molar-refractivity contribution in [3.05, 3.63) is 24.4 Å². The van der Waals surface area contributed by atoms with Crippen molar-refractivity contribution in [3.63, 3.8) is 0 Å². The number of benzene rings is 1. The molecule has 1 aromatic carbocycles. The number of hydrogen-bond donors (Lipinski definition) is 2. The Hall–Kier alpha value is -3.44. The monoisotopic (exact) mass is 463 g/mol. The molecule has 0 radical (unpaired) electrons. The van der Waals surface area contributed by atoms with E-state index in [9.17, 15) is 17.6 Å². The van der Waals surface area contributed by atoms with Gasteiger partial charge in [-0.2, -0.15) is 9.97 Å². The van der Waals surface area contributed by atoms with Crippen molar-refractivity contribution >= 4 is 28.0 Å². The maximum Gasteiger partial charge on any atom is 0.258 e. The molecule has 1 fully saturated rings. The van der Waals surface area contributed by atoms with Gasteiger partial charge in [0.1, 0.15) is 17.7 Å². The van der Waals surface area contributed by atoms with Gasteiger partial charge >= 0.3 is 0 Å². The second-order valence-electron chi connectivity index (χ2n) is 8.12. The lowest BCUT2D eigenvalue weighted by Gasteiger charge is -2.28. The van der Waals surface area contributed by atoms with Crippen LogP contribution in [0.1, 0.15) is 25.7 Å². The van der Waals surface area contributed by atoms with Crippen LogP contribution in [0.3, 0.4) is 0 Å². The van der Waals surface area contributed by atoms with Crippen LogP contribution in [0.5, 0.6) is 5.88 Å². The van der Waals surface area contributed by atoms with Crippen molar-refractivity contribution in [1.82, 2.24) is 29.9 Å². The summed E-state index contributed by atoms with van der Waals surface area (Å²) in [7, 11) is 1.48. The highest BCUT2D eigenvalue weighted by molar-refractivity contribution is 5.99. The highest BCUT2D eigenvalue weighted by atomic mass is 19.3. The number of rotatable bonds is 6. The molecule has 2 N–H and O–H groups in total. The van der Waals surface area contributed by atoms with Crippen molar-refractivity contribution in [2.24, 2.45) is 0 Å². The topological polar surface area (TPSA) is 93.5 Å². The molecule has 0 aliphatic heterocycles. The predicted octanol–water partition coefficient (Wildman–Crippen LogP) is 4.63. The van der Waals surface area contributed by atoms with Crippen molar-refractivity contribution < 1.29 is 22.3 Å². The molecule has 0 unspecified atom stereocenters. The summed E-state index contributed by atoms with van der Waals surface area (Å²) in [4.78, 5) is 12.0. The van der Waals surface area contributed by atoms with E-state index in [1.165, 1.54) is 11.8 Å². The molecule has 33 heavy (non-hydrogen) atoms. The van der Waals surface area contributed by atoms with Crippen molar-refractivity contribution in [2.45, 2.75) is 50.6 Å². The molecule has 8 nitrogen and oxygen atoms in total. The fourth-order valence-corrected chi connectivity index (χ4v) is 4.21. The third-order valence-electron chi connectivity index (χ3n) is 5.88. The summed E-state index contributed by atoms with van der Waals surface area (Å²) in [6.07, 6.45) is -0.511. The summed E-state index contributed by atoms with van der Waals surface area (Å²) < 4.78 is 59.3. The summed E-state index contributed by atoms with van der Waals surface area (Å²) >= 11 is 0. The van der Waals surface area contributed by atoms with Crippen molar-refractivity contribution in [3.8, 4) is 17.0 Å². The second-order valence-corrected chi connectivity index (χ2v) is 8.12. The van der Waals surface area contributed by atoms with Gasteiger partial charge in [-0.05, 0) is 30.5 Å². The number of anilines is 1. The van der Waals surface area contributed by atoms with E-state index in [2.05, 4.69) is 30.6 Å². The smallest absolute Gasteiger partial charge is 0.258 e. The SMILES string of the molecule is COc1nc(NC2CCC(F)(F)CC2)nc2[nH]cc(-c3ccc4nnn(CC(F)F)c4c3)c12. The number of fused-ring (bicyclic) bond motifs is 2. The first-order valence-electron chi connectivity index (χ1n) is 10.5. The van der Waals surface area contributed by atoms with Crippen LogP contribution in [0.15, 0.2) is 24.4 Å². The molecule has 0 amide bonds. The minimum absolute atomic E-state index is 0.147. The van der Waals surface area contributed by atoms with Gasteiger partial charge in [-0.1, -0.05) is 11.3 Å². The first-order valence-corrected chi connectivity index (χ1v) is 10.5. The zero-order chi connectivity index (χ0) is 23.2. The van der Waals surface area contributed by atoms with Crippen molar-refractivity contribution in [2.75, 3.05) is 12.4 Å². The number of ether oxygens (including phenoxy) is 1. The maximum atomic E-state index is 13.4. The number of alkyl halides is 4. The van der Waals surface area contributed by atoms with E-state index in [1.807, 2.05) is 0 Å². The maximum absolute atomic E-state index is 13.4. The lowest BCUT2D eigenvalue weighted by atomic mass is 9.92. The number of halogens is 4. The molecule has 3 heterocycles. The quantitative estimate of drug-likeness (QED) is 0.405. The molecule has 0 bridgehead atoms. The van der Waals surface area contributed by atoms with Crippen LogP contribution in [0.4, 0.5) is 23.5 Å². The molecule has 12 heteroatoms. The Bertz CT molecular complexity index is 1290. The first kappa shape index (κ1) is 21.4. The number of aromatic nitrogens is 6. The largest absolute Gasteiger partial charge is 0.480 e. The molecule has 5 rings (SSSR count). The van der Waals surface area contributed by atoms with Gasteiger partial charge < -0.3 is 15.0 Å². The zero-order valence-electron chi connectivity index (χ0n) is 17.7. The fourth-order valence-electron chi connectivity index (χ4n) is 4.21. The van der Waals surface area contributed by atoms with Gasteiger partial charge in [0.2, 0.25) is 17.8 Å². The molecule has 3 aromatic heterocycles. The number of methoxy groups -OCH3 is 1. The summed E-state index contributed by atoms with van der Waals surface area (Å²) in [5.41, 5.74) is 2.93. The van der Waals surface area contributed by atoms with Gasteiger partial charge in [-0.3, -0.25) is 0 Å². The van der Waals surface area contributed by atoms with Gasteiger partial charge in [0.15, 0.2) is 0 Å². The van der Waals surface area contributed by atoms with E-state index in [0.717, 1.165) is 11.1 Å². The van der Waals surface area contributed by atoms with Crippen LogP contribution in [0.25, 0.3) is 33.2 Å². The Kier molecular flexibility index (Phi) is 5.29. The van der Waals surface area contributed by atoms with Gasteiger partial charge in [0.25, 0.3) is 6.43 Å². The van der Waals surface area contributed by atoms with Gasteiger partial charge in [0.05, 0.1) is 18.0 Å². The Labute approximate surface area is 185 Å². The van der Waals surface area contributed by atoms with Gasteiger partial charge in [-0.15, -0.1) is 5.10 Å². The zero-order valence-corrected chi connectivity index (χ0v) is 17.7. The van der Waals surface area contributed by atoms with Crippen LogP contribution in [-0.2, 0) is 6.54 Å². The van der Waals surface area contributed by atoms with Crippen molar-refractivity contribution in [1.29, 1.82) is 0 Å². The molecule has 1 saturated carbocycles. The number of aromatic amines is 1. The molecule has 0 saturated heterocycles. The van der Waals surface area contributed by atoms with Gasteiger partial charge in [0, 0.05) is 30.6 Å². The van der Waals surface area contributed by atoms with Crippen LogP contribution in [0, 0.1) is 0 Å². The fraction of sp³-hybridized carbons (Fsp3) is 0.429. The summed E-state index contributed by atoms with van der Waals surface area (Å²) in [5, 5.41) is 11.5. The second kappa shape index (κ2) is 8.16. The molecule has 1 aliphatic carbocycles. The molecule has 0 atom stereocenters. The molecular formula is C21H21F4N7O. The average Bonchev–Trinajstić information content (AvgIpc) is 3.38. The van der Waals surface area contributed by atoms with E-state index in [1.54, 1.807) is 24.4 Å². The van der Waals surface area contributed by atoms with E-state index >= 15 is 0 Å². The van der Waals surface area contributed by atoms with Gasteiger partial charge in [-0.25, -0.2) is 22.2 Å². The Morgan fingerprint density at radius 1 is 1.24 bits per heavy atom. The number of nitrogens with zero attached hydrogens (tertiary/aromatic N) is 5. The highest BCUT2D eigenvalue weighted by Gasteiger charge is 2.35. The standard InChI is InChI=1S/C21H21F4N7O/c1-33-19-17-13(11-2-3-14-15(8-11)32(31-30-14)10-16(22)23)9-26-18(17)28-20(29-19)27-12-4-6-21(24,25)7-5-12/h2-3,8-9,12,16H,4-7,10H2,1H3,(H2,26,27,28,29). The van der Waals surface area contributed by atoms with Crippen LogP contribution in [-0.4, -0.2) is 55.4 Å². The van der Waals surface area contributed by atoms with E-state index in [-0.39, 0.29) is 24.8 Å². The first-order chi connectivity index (χ1) is 15.8. The average molecular weight is 463 g/mol. The third kappa shape index (κ3) is 4.16. The number of H-pyrrole nitrogens is 1. The molecule has 0 spiro atoms. The number of hydrogen-bond acceptors (Lipinski definition) is 6. The normalized spacial score (nSPS) is 16.7. The Morgan fingerprint density at radius 2 is 2.03 bits per heavy atom. The minimum Gasteiger partial charge on any atom is -0.480 e. The number of nitrogens with one attached hydrogen (secondary N) is 2. The Balaban J connectivity index is 1.49. The lowest BCUT2D eigenvalue weighted by Crippen LogP contribution is -2.32. The minimum atomic E-state index is -2.61. The van der Waals surface area contributed by atoms with Crippen LogP contribution < -0.4 is 10.1 Å². The summed E-state index contributed by atoms with van der Waals surface area (Å²) in [6, 6.07) is 5.10. The van der Waals surface area contributed by atoms with E-state index in [0.29, 0.717) is 40.8 Å². The Morgan fingerprint density at radius 3 is 2.76 bits per heavy atom. The molecule has 4 aromatic rings. The molecular weight excluding hydrogens is 442 g/mol. The molecule has 1 aliphatic rings. The molecule has 174 valence electrons. The lowest BCUT2D eigenvalue weighted by molar-refractivity contribution is -0.0361. The predicted molar refractivity (Wildman–Crippen MR) is 114 cm³/mol. The summed E-state index contributed by atoms with van der Waals surface area (Å²) in [5.74, 6) is -2.02. The van der Waals surface area contributed by atoms with E-state index in [4.69, 9.17) is 4.74 Å². The van der Waals surface area contributed by atoms with E-state index < -0.39 is 18.9 Å².